The fourth-order valence-electron chi connectivity index (χ4n) is 2.78. The zero-order valence-corrected chi connectivity index (χ0v) is 17.1. The van der Waals surface area contributed by atoms with Gasteiger partial charge in [0, 0.05) is 25.2 Å². The number of aliphatic carboxylic acids is 2. The summed E-state index contributed by atoms with van der Waals surface area (Å²) >= 11 is 0. The number of carboxylic acids is 2. The number of benzene rings is 1. The van der Waals surface area contributed by atoms with Gasteiger partial charge in [0.2, 0.25) is 5.75 Å². The Labute approximate surface area is 170 Å². The summed E-state index contributed by atoms with van der Waals surface area (Å²) in [4.78, 5) is 20.6. The highest BCUT2D eigenvalue weighted by Gasteiger charge is 2.15. The molecule has 1 aliphatic heterocycles. The Morgan fingerprint density at radius 1 is 1.03 bits per heavy atom. The number of morpholine rings is 1. The Morgan fingerprint density at radius 3 is 2.17 bits per heavy atom. The Bertz CT molecular complexity index is 635. The summed E-state index contributed by atoms with van der Waals surface area (Å²) < 4.78 is 21.6. The number of ether oxygens (including phenoxy) is 4. The molecule has 0 bridgehead atoms. The van der Waals surface area contributed by atoms with Crippen molar-refractivity contribution in [1.82, 2.24) is 10.2 Å². The van der Waals surface area contributed by atoms with E-state index in [9.17, 15) is 0 Å². The molecule has 0 aliphatic carbocycles. The van der Waals surface area contributed by atoms with Crippen LogP contribution in [0.1, 0.15) is 12.0 Å². The van der Waals surface area contributed by atoms with Crippen molar-refractivity contribution in [2.45, 2.75) is 13.0 Å². The molecule has 1 heterocycles. The van der Waals surface area contributed by atoms with Crippen LogP contribution in [-0.2, 0) is 20.9 Å². The second-order valence-corrected chi connectivity index (χ2v) is 6.09. The number of nitrogens with one attached hydrogen (secondary N) is 1. The Hall–Kier alpha value is -2.56. The van der Waals surface area contributed by atoms with E-state index in [1.54, 1.807) is 21.3 Å². The molecule has 0 saturated carbocycles. The first-order chi connectivity index (χ1) is 13.9. The molecule has 164 valence electrons. The first-order valence-electron chi connectivity index (χ1n) is 9.19. The molecule has 0 radical (unpaired) electrons. The van der Waals surface area contributed by atoms with Crippen molar-refractivity contribution >= 4 is 11.9 Å². The maximum atomic E-state index is 9.10. The molecule has 1 aliphatic rings. The molecule has 29 heavy (non-hydrogen) atoms. The summed E-state index contributed by atoms with van der Waals surface area (Å²) in [5.74, 6) is -1.60. The second-order valence-electron chi connectivity index (χ2n) is 6.09. The Morgan fingerprint density at radius 2 is 1.66 bits per heavy atom. The van der Waals surface area contributed by atoms with E-state index >= 15 is 0 Å². The zero-order valence-electron chi connectivity index (χ0n) is 17.1. The van der Waals surface area contributed by atoms with Crippen LogP contribution in [0.2, 0.25) is 0 Å². The SMILES string of the molecule is COc1ccc(CNCCCN2CCOCC2)c(OC)c1OC.O=C(O)C(=O)O. The summed E-state index contributed by atoms with van der Waals surface area (Å²) in [5.41, 5.74) is 1.07. The quantitative estimate of drug-likeness (QED) is 0.392. The van der Waals surface area contributed by atoms with Gasteiger partial charge in [-0.3, -0.25) is 4.90 Å². The van der Waals surface area contributed by atoms with Gasteiger partial charge < -0.3 is 34.5 Å². The zero-order chi connectivity index (χ0) is 21.6. The van der Waals surface area contributed by atoms with Crippen LogP contribution >= 0.6 is 0 Å². The maximum absolute atomic E-state index is 9.10. The molecule has 0 aromatic heterocycles. The lowest BCUT2D eigenvalue weighted by Gasteiger charge is -2.26. The van der Waals surface area contributed by atoms with Gasteiger partial charge in [0.15, 0.2) is 11.5 Å². The summed E-state index contributed by atoms with van der Waals surface area (Å²) in [5, 5.41) is 18.3. The van der Waals surface area contributed by atoms with Gasteiger partial charge in [0.05, 0.1) is 34.5 Å². The lowest BCUT2D eigenvalue weighted by atomic mass is 10.1. The molecule has 2 rings (SSSR count). The maximum Gasteiger partial charge on any atom is 0.414 e. The van der Waals surface area contributed by atoms with Gasteiger partial charge in [-0.2, -0.15) is 0 Å². The smallest absolute Gasteiger partial charge is 0.414 e. The van der Waals surface area contributed by atoms with Crippen molar-refractivity contribution in [2.75, 3.05) is 60.7 Å². The van der Waals surface area contributed by atoms with Gasteiger partial charge in [0.25, 0.3) is 0 Å². The summed E-state index contributed by atoms with van der Waals surface area (Å²) in [6.07, 6.45) is 1.12. The number of hydrogen-bond acceptors (Lipinski definition) is 8. The van der Waals surface area contributed by atoms with Crippen molar-refractivity contribution in [3.05, 3.63) is 17.7 Å². The number of rotatable bonds is 9. The van der Waals surface area contributed by atoms with Crippen LogP contribution in [0, 0.1) is 0 Å². The van der Waals surface area contributed by atoms with Gasteiger partial charge in [-0.15, -0.1) is 0 Å². The summed E-state index contributed by atoms with van der Waals surface area (Å²) in [7, 11) is 4.90. The standard InChI is InChI=1S/C17H28N2O4.C2H2O4/c1-20-15-6-5-14(16(21-2)17(15)22-3)13-18-7-4-8-19-9-11-23-12-10-19;3-1(4)2(5)6/h5-6,18H,4,7-13H2,1-3H3;(H,3,4)(H,5,6). The third-order valence-electron chi connectivity index (χ3n) is 4.22. The normalized spacial score (nSPS) is 13.8. The van der Waals surface area contributed by atoms with E-state index in [2.05, 4.69) is 10.2 Å². The van der Waals surface area contributed by atoms with Crippen LogP contribution in [0.5, 0.6) is 17.2 Å². The van der Waals surface area contributed by atoms with Crippen LogP contribution in [0.15, 0.2) is 12.1 Å². The van der Waals surface area contributed by atoms with Gasteiger partial charge in [-0.25, -0.2) is 9.59 Å². The number of nitrogens with zero attached hydrogens (tertiary/aromatic N) is 1. The Balaban J connectivity index is 0.000000612. The van der Waals surface area contributed by atoms with E-state index in [1.807, 2.05) is 12.1 Å². The minimum Gasteiger partial charge on any atom is -0.493 e. The molecule has 1 fully saturated rings. The second kappa shape index (κ2) is 13.6. The average molecular weight is 414 g/mol. The highest BCUT2D eigenvalue weighted by atomic mass is 16.5. The van der Waals surface area contributed by atoms with Crippen molar-refractivity contribution in [3.8, 4) is 17.2 Å². The number of carbonyl (C=O) groups is 2. The van der Waals surface area contributed by atoms with Crippen molar-refractivity contribution in [1.29, 1.82) is 0 Å². The molecule has 10 nitrogen and oxygen atoms in total. The van der Waals surface area contributed by atoms with Gasteiger partial charge in [-0.1, -0.05) is 6.07 Å². The van der Waals surface area contributed by atoms with E-state index in [-0.39, 0.29) is 0 Å². The van der Waals surface area contributed by atoms with Crippen LogP contribution < -0.4 is 19.5 Å². The highest BCUT2D eigenvalue weighted by Crippen LogP contribution is 2.39. The minimum atomic E-state index is -1.82. The average Bonchev–Trinajstić information content (AvgIpc) is 2.73. The molecule has 0 atom stereocenters. The molecule has 1 aromatic carbocycles. The lowest BCUT2D eigenvalue weighted by molar-refractivity contribution is -0.159. The molecule has 10 heteroatoms. The van der Waals surface area contributed by atoms with E-state index in [1.165, 1.54) is 0 Å². The molecular formula is C19H30N2O8. The van der Waals surface area contributed by atoms with Crippen LogP contribution in [0.25, 0.3) is 0 Å². The lowest BCUT2D eigenvalue weighted by Crippen LogP contribution is -2.37. The van der Waals surface area contributed by atoms with Crippen LogP contribution in [-0.4, -0.2) is 87.8 Å². The van der Waals surface area contributed by atoms with E-state index in [4.69, 9.17) is 38.7 Å². The van der Waals surface area contributed by atoms with E-state index in [0.29, 0.717) is 11.5 Å². The van der Waals surface area contributed by atoms with Gasteiger partial charge in [0.1, 0.15) is 0 Å². The molecular weight excluding hydrogens is 384 g/mol. The minimum absolute atomic E-state index is 0.641. The molecule has 3 N–H and O–H groups in total. The Kier molecular flexibility index (Phi) is 11.5. The van der Waals surface area contributed by atoms with E-state index < -0.39 is 11.9 Å². The summed E-state index contributed by atoms with van der Waals surface area (Å²) in [6, 6.07) is 3.92. The predicted molar refractivity (Wildman–Crippen MR) is 105 cm³/mol. The first-order valence-corrected chi connectivity index (χ1v) is 9.19. The van der Waals surface area contributed by atoms with Crippen LogP contribution in [0.3, 0.4) is 0 Å². The third kappa shape index (κ3) is 8.55. The fourth-order valence-corrected chi connectivity index (χ4v) is 2.78. The number of methoxy groups -OCH3 is 3. The third-order valence-corrected chi connectivity index (χ3v) is 4.22. The molecule has 0 spiro atoms. The van der Waals surface area contributed by atoms with Crippen molar-refractivity contribution < 1.29 is 38.7 Å². The summed E-state index contributed by atoms with van der Waals surface area (Å²) in [6.45, 7) is 6.63. The van der Waals surface area contributed by atoms with Crippen molar-refractivity contribution in [2.24, 2.45) is 0 Å². The molecule has 1 saturated heterocycles. The number of hydrogen-bond donors (Lipinski definition) is 3. The van der Waals surface area contributed by atoms with Gasteiger partial charge in [-0.05, 0) is 25.6 Å². The largest absolute Gasteiger partial charge is 0.493 e. The van der Waals surface area contributed by atoms with Gasteiger partial charge >= 0.3 is 11.9 Å². The topological polar surface area (TPSA) is 127 Å². The highest BCUT2D eigenvalue weighted by molar-refractivity contribution is 6.27. The fraction of sp³-hybridized carbons (Fsp3) is 0.579. The molecule has 0 amide bonds. The van der Waals surface area contributed by atoms with Crippen molar-refractivity contribution in [3.63, 3.8) is 0 Å². The molecule has 0 unspecified atom stereocenters. The predicted octanol–water partition coefficient (Wildman–Crippen LogP) is 0.680. The molecule has 1 aromatic rings. The monoisotopic (exact) mass is 414 g/mol. The number of carboxylic acid groups (broad SMARTS) is 2. The first kappa shape index (κ1) is 24.5. The van der Waals surface area contributed by atoms with E-state index in [0.717, 1.165) is 63.7 Å². The van der Waals surface area contributed by atoms with Crippen LogP contribution in [0.4, 0.5) is 0 Å².